The van der Waals surface area contributed by atoms with E-state index in [0.717, 1.165) is 12.8 Å². The van der Waals surface area contributed by atoms with E-state index in [4.69, 9.17) is 23.2 Å². The average molecular weight is 347 g/mol. The third-order valence-corrected chi connectivity index (χ3v) is 5.84. The van der Waals surface area contributed by atoms with Crippen LogP contribution in [0.2, 0.25) is 10.0 Å². The Balaban J connectivity index is 1.76. The quantitative estimate of drug-likeness (QED) is 0.899. The predicted octanol–water partition coefficient (Wildman–Crippen LogP) is 2.16. The van der Waals surface area contributed by atoms with E-state index in [-0.39, 0.29) is 11.8 Å². The molecule has 2 aromatic rings. The lowest BCUT2D eigenvalue weighted by Gasteiger charge is -2.04. The Bertz CT molecular complexity index is 771. The summed E-state index contributed by atoms with van der Waals surface area (Å²) in [7, 11) is -3.23. The van der Waals surface area contributed by atoms with Gasteiger partial charge in [0.05, 0.1) is 39.4 Å². The zero-order valence-electron chi connectivity index (χ0n) is 10.8. The number of sulfonamides is 1. The standard InChI is InChI=1S/C12H12Cl2N4O2S/c13-10-2-1-3-11(12(10)14)18-7-8(16-17-18)6-15-21(19,20)9-4-5-9/h1-3,7,9,15H,4-6H2. The van der Waals surface area contributed by atoms with Gasteiger partial charge in [-0.05, 0) is 25.0 Å². The Morgan fingerprint density at radius 2 is 2.10 bits per heavy atom. The van der Waals surface area contributed by atoms with E-state index in [1.807, 2.05) is 0 Å². The minimum Gasteiger partial charge on any atom is -0.219 e. The van der Waals surface area contributed by atoms with Crippen molar-refractivity contribution < 1.29 is 8.42 Å². The van der Waals surface area contributed by atoms with Gasteiger partial charge in [-0.1, -0.05) is 34.5 Å². The van der Waals surface area contributed by atoms with E-state index in [0.29, 0.717) is 21.4 Å². The summed E-state index contributed by atoms with van der Waals surface area (Å²) in [4.78, 5) is 0. The Hall–Kier alpha value is -1.15. The number of nitrogens with zero attached hydrogens (tertiary/aromatic N) is 3. The van der Waals surface area contributed by atoms with Crippen LogP contribution in [0.1, 0.15) is 18.5 Å². The Kier molecular flexibility index (Phi) is 3.92. The van der Waals surface area contributed by atoms with Crippen molar-refractivity contribution in [1.82, 2.24) is 19.7 Å². The highest BCUT2D eigenvalue weighted by Crippen LogP contribution is 2.28. The van der Waals surface area contributed by atoms with Crippen LogP contribution in [-0.4, -0.2) is 28.7 Å². The maximum atomic E-state index is 11.7. The van der Waals surface area contributed by atoms with Gasteiger partial charge in [0, 0.05) is 0 Å². The fourth-order valence-corrected chi connectivity index (χ4v) is 3.56. The van der Waals surface area contributed by atoms with Crippen molar-refractivity contribution in [3.8, 4) is 5.69 Å². The summed E-state index contributed by atoms with van der Waals surface area (Å²) in [6, 6.07) is 5.18. The van der Waals surface area contributed by atoms with Crippen LogP contribution in [0.4, 0.5) is 0 Å². The molecule has 1 aliphatic rings. The second-order valence-corrected chi connectivity index (χ2v) is 7.62. The van der Waals surface area contributed by atoms with Gasteiger partial charge in [-0.2, -0.15) is 0 Å². The Morgan fingerprint density at radius 1 is 1.33 bits per heavy atom. The zero-order valence-corrected chi connectivity index (χ0v) is 13.2. The van der Waals surface area contributed by atoms with Crippen molar-refractivity contribution in [2.45, 2.75) is 24.6 Å². The number of aromatic nitrogens is 3. The molecule has 0 bridgehead atoms. The highest BCUT2D eigenvalue weighted by atomic mass is 35.5. The molecule has 1 aliphatic carbocycles. The molecular weight excluding hydrogens is 335 g/mol. The smallest absolute Gasteiger partial charge is 0.214 e. The number of rotatable bonds is 5. The summed E-state index contributed by atoms with van der Waals surface area (Å²) in [5.74, 6) is 0. The van der Waals surface area contributed by atoms with Crippen LogP contribution in [0.15, 0.2) is 24.4 Å². The molecular formula is C12H12Cl2N4O2S. The van der Waals surface area contributed by atoms with Gasteiger partial charge in [0.25, 0.3) is 0 Å². The van der Waals surface area contributed by atoms with Crippen molar-refractivity contribution in [2.24, 2.45) is 0 Å². The molecule has 112 valence electrons. The summed E-state index contributed by atoms with van der Waals surface area (Å²) in [6.45, 7) is 0.108. The molecule has 0 saturated heterocycles. The molecule has 9 heteroatoms. The molecule has 0 spiro atoms. The molecule has 1 N–H and O–H groups in total. The molecule has 0 aliphatic heterocycles. The first-order valence-corrected chi connectivity index (χ1v) is 8.62. The molecule has 0 unspecified atom stereocenters. The van der Waals surface area contributed by atoms with Gasteiger partial charge < -0.3 is 0 Å². The summed E-state index contributed by atoms with van der Waals surface area (Å²) in [6.07, 6.45) is 3.06. The molecule has 6 nitrogen and oxygen atoms in total. The fourth-order valence-electron chi connectivity index (χ4n) is 1.84. The molecule has 21 heavy (non-hydrogen) atoms. The number of hydrogen-bond acceptors (Lipinski definition) is 4. The maximum absolute atomic E-state index is 11.7. The topological polar surface area (TPSA) is 76.9 Å². The third-order valence-electron chi connectivity index (χ3n) is 3.14. The van der Waals surface area contributed by atoms with E-state index >= 15 is 0 Å². The first-order chi connectivity index (χ1) is 9.97. The number of hydrogen-bond donors (Lipinski definition) is 1. The van der Waals surface area contributed by atoms with Crippen LogP contribution >= 0.6 is 23.2 Å². The van der Waals surface area contributed by atoms with Crippen LogP contribution in [0, 0.1) is 0 Å². The Labute approximate surface area is 132 Å². The van der Waals surface area contributed by atoms with E-state index in [2.05, 4.69) is 15.0 Å². The highest BCUT2D eigenvalue weighted by molar-refractivity contribution is 7.90. The molecule has 1 fully saturated rings. The lowest BCUT2D eigenvalue weighted by Crippen LogP contribution is -2.26. The third kappa shape index (κ3) is 3.21. The molecule has 1 heterocycles. The minimum atomic E-state index is -3.23. The van der Waals surface area contributed by atoms with Gasteiger partial charge in [-0.3, -0.25) is 0 Å². The fraction of sp³-hybridized carbons (Fsp3) is 0.333. The lowest BCUT2D eigenvalue weighted by atomic mass is 10.3. The van der Waals surface area contributed by atoms with Gasteiger partial charge in [-0.25, -0.2) is 17.8 Å². The lowest BCUT2D eigenvalue weighted by molar-refractivity contribution is 0.579. The van der Waals surface area contributed by atoms with E-state index in [1.54, 1.807) is 24.4 Å². The molecule has 0 radical (unpaired) electrons. The van der Waals surface area contributed by atoms with Crippen LogP contribution in [0.25, 0.3) is 5.69 Å². The molecule has 0 amide bonds. The summed E-state index contributed by atoms with van der Waals surface area (Å²) >= 11 is 12.1. The van der Waals surface area contributed by atoms with E-state index < -0.39 is 10.0 Å². The average Bonchev–Trinajstić information content (AvgIpc) is 3.21. The minimum absolute atomic E-state index is 0.108. The van der Waals surface area contributed by atoms with Crippen LogP contribution < -0.4 is 4.72 Å². The van der Waals surface area contributed by atoms with Crippen molar-refractivity contribution in [2.75, 3.05) is 0 Å². The van der Waals surface area contributed by atoms with E-state index in [9.17, 15) is 8.42 Å². The van der Waals surface area contributed by atoms with Gasteiger partial charge in [0.1, 0.15) is 0 Å². The second-order valence-electron chi connectivity index (χ2n) is 4.79. The van der Waals surface area contributed by atoms with Gasteiger partial charge in [-0.15, -0.1) is 5.10 Å². The first-order valence-electron chi connectivity index (χ1n) is 6.31. The Morgan fingerprint density at radius 3 is 2.81 bits per heavy atom. The molecule has 1 saturated carbocycles. The maximum Gasteiger partial charge on any atom is 0.214 e. The van der Waals surface area contributed by atoms with E-state index in [1.165, 1.54) is 4.68 Å². The highest BCUT2D eigenvalue weighted by Gasteiger charge is 2.35. The first kappa shape index (κ1) is 14.8. The zero-order chi connectivity index (χ0) is 15.0. The number of benzene rings is 1. The molecule has 1 aromatic carbocycles. The molecule has 0 atom stereocenters. The van der Waals surface area contributed by atoms with Crippen molar-refractivity contribution in [3.63, 3.8) is 0 Å². The van der Waals surface area contributed by atoms with Crippen LogP contribution in [0.3, 0.4) is 0 Å². The number of halogens is 2. The van der Waals surface area contributed by atoms with Crippen molar-refractivity contribution in [1.29, 1.82) is 0 Å². The van der Waals surface area contributed by atoms with Crippen molar-refractivity contribution in [3.05, 3.63) is 40.1 Å². The molecule has 1 aromatic heterocycles. The van der Waals surface area contributed by atoms with Gasteiger partial charge in [0.15, 0.2) is 0 Å². The van der Waals surface area contributed by atoms with Crippen LogP contribution in [-0.2, 0) is 16.6 Å². The largest absolute Gasteiger partial charge is 0.219 e. The van der Waals surface area contributed by atoms with Crippen molar-refractivity contribution >= 4 is 33.2 Å². The number of nitrogens with one attached hydrogen (secondary N) is 1. The molecule has 3 rings (SSSR count). The summed E-state index contributed by atoms with van der Waals surface area (Å²) < 4.78 is 27.5. The summed E-state index contributed by atoms with van der Waals surface area (Å²) in [5.41, 5.74) is 1.10. The predicted molar refractivity (Wildman–Crippen MR) is 80.2 cm³/mol. The normalized spacial score (nSPS) is 15.3. The SMILES string of the molecule is O=S(=O)(NCc1cn(-c2cccc(Cl)c2Cl)nn1)C1CC1. The monoisotopic (exact) mass is 346 g/mol. The second kappa shape index (κ2) is 5.57. The van der Waals surface area contributed by atoms with Gasteiger partial charge in [0.2, 0.25) is 10.0 Å². The summed E-state index contributed by atoms with van der Waals surface area (Å²) in [5, 5.41) is 8.40. The van der Waals surface area contributed by atoms with Crippen LogP contribution in [0.5, 0.6) is 0 Å². The van der Waals surface area contributed by atoms with Gasteiger partial charge >= 0.3 is 0 Å².